The first kappa shape index (κ1) is 14.6. The van der Waals surface area contributed by atoms with E-state index in [1.54, 1.807) is 22.7 Å². The zero-order chi connectivity index (χ0) is 14.9. The second-order valence-electron chi connectivity index (χ2n) is 5.34. The number of para-hydroxylation sites is 1. The Bertz CT molecular complexity index is 560. The molecule has 2 N–H and O–H groups in total. The lowest BCUT2D eigenvalue weighted by molar-refractivity contribution is -0.384. The summed E-state index contributed by atoms with van der Waals surface area (Å²) in [4.78, 5) is 24.7. The molecule has 1 fully saturated rings. The van der Waals surface area contributed by atoms with Crippen molar-refractivity contribution in [2.75, 3.05) is 24.6 Å². The first-order chi connectivity index (χ1) is 9.32. The van der Waals surface area contributed by atoms with Gasteiger partial charge in [-0.3, -0.25) is 14.9 Å². The third-order valence-corrected chi connectivity index (χ3v) is 4.49. The van der Waals surface area contributed by atoms with Crippen LogP contribution in [0.5, 0.6) is 0 Å². The number of nitro benzene ring substituents is 1. The van der Waals surface area contributed by atoms with Crippen LogP contribution in [0.2, 0.25) is 0 Å². The third kappa shape index (κ3) is 2.87. The number of carbonyl (C=O) groups excluding carboxylic acids is 1. The van der Waals surface area contributed by atoms with E-state index in [9.17, 15) is 14.9 Å². The maximum Gasteiger partial charge on any atom is 0.304 e. The zero-order valence-electron chi connectivity index (χ0n) is 11.5. The molecule has 1 aromatic carbocycles. The average molecular weight is 295 g/mol. The molecular weight excluding hydrogens is 278 g/mol. The van der Waals surface area contributed by atoms with Gasteiger partial charge in [-0.15, -0.1) is 0 Å². The minimum atomic E-state index is -0.591. The van der Waals surface area contributed by atoms with Gasteiger partial charge in [-0.05, 0) is 26.0 Å². The quantitative estimate of drug-likeness (QED) is 0.513. The van der Waals surface area contributed by atoms with Gasteiger partial charge in [0.25, 0.3) is 5.91 Å². The molecule has 0 saturated carbocycles. The van der Waals surface area contributed by atoms with Crippen LogP contribution in [0.3, 0.4) is 0 Å². The van der Waals surface area contributed by atoms with Gasteiger partial charge in [0.05, 0.1) is 4.92 Å². The molecule has 0 bridgehead atoms. The molecule has 7 heteroatoms. The summed E-state index contributed by atoms with van der Waals surface area (Å²) in [5, 5.41) is 11.1. The molecule has 1 amide bonds. The van der Waals surface area contributed by atoms with Crippen LogP contribution in [0, 0.1) is 10.1 Å². The van der Waals surface area contributed by atoms with Gasteiger partial charge in [0, 0.05) is 23.6 Å². The highest BCUT2D eigenvalue weighted by Gasteiger charge is 2.33. The Labute approximate surface area is 121 Å². The Balaban J connectivity index is 2.34. The van der Waals surface area contributed by atoms with E-state index in [1.165, 1.54) is 12.1 Å². The molecule has 1 aliphatic rings. The van der Waals surface area contributed by atoms with Crippen molar-refractivity contribution in [2.45, 2.75) is 18.6 Å². The van der Waals surface area contributed by atoms with Crippen molar-refractivity contribution in [1.29, 1.82) is 0 Å². The van der Waals surface area contributed by atoms with Crippen molar-refractivity contribution in [2.24, 2.45) is 0 Å². The second kappa shape index (κ2) is 5.32. The molecule has 0 radical (unpaired) electrons. The normalized spacial score (nSPS) is 17.8. The number of nitrogens with two attached hydrogens (primary N) is 1. The van der Waals surface area contributed by atoms with E-state index in [-0.39, 0.29) is 27.6 Å². The van der Waals surface area contributed by atoms with Crippen molar-refractivity contribution in [1.82, 2.24) is 4.90 Å². The van der Waals surface area contributed by atoms with E-state index in [4.69, 9.17) is 5.73 Å². The van der Waals surface area contributed by atoms with Crippen LogP contribution in [-0.4, -0.2) is 39.3 Å². The Morgan fingerprint density at radius 2 is 2.20 bits per heavy atom. The monoisotopic (exact) mass is 295 g/mol. The summed E-state index contributed by atoms with van der Waals surface area (Å²) in [6.45, 7) is 5.29. The van der Waals surface area contributed by atoms with Crippen molar-refractivity contribution in [3.8, 4) is 0 Å². The van der Waals surface area contributed by atoms with Crippen molar-refractivity contribution < 1.29 is 9.72 Å². The predicted octanol–water partition coefficient (Wildman–Crippen LogP) is 2.14. The Kier molecular flexibility index (Phi) is 3.89. The number of thioether (sulfide) groups is 1. The molecule has 0 spiro atoms. The van der Waals surface area contributed by atoms with Crippen LogP contribution < -0.4 is 5.73 Å². The molecular formula is C13H17N3O3S. The molecule has 20 heavy (non-hydrogen) atoms. The number of hydrogen-bond acceptors (Lipinski definition) is 5. The summed E-state index contributed by atoms with van der Waals surface area (Å²) in [5.74, 6) is 0.506. The molecule has 0 aromatic heterocycles. The highest BCUT2D eigenvalue weighted by molar-refractivity contribution is 8.00. The molecule has 2 rings (SSSR count). The van der Waals surface area contributed by atoms with Crippen molar-refractivity contribution in [3.63, 3.8) is 0 Å². The number of hydrogen-bond donors (Lipinski definition) is 1. The van der Waals surface area contributed by atoms with E-state index in [1.807, 2.05) is 0 Å². The standard InChI is InChI=1S/C13H17N3O3S/c1-13(2)8-15(6-7-20-13)12(17)9-4-3-5-10(14)11(9)16(18)19/h3-5H,6-8,14H2,1-2H3. The average Bonchev–Trinajstić information content (AvgIpc) is 2.35. The number of rotatable bonds is 2. The second-order valence-corrected chi connectivity index (χ2v) is 7.14. The van der Waals surface area contributed by atoms with Crippen molar-refractivity contribution in [3.05, 3.63) is 33.9 Å². The molecule has 1 saturated heterocycles. The molecule has 1 aromatic rings. The largest absolute Gasteiger partial charge is 0.393 e. The van der Waals surface area contributed by atoms with Crippen LogP contribution in [-0.2, 0) is 0 Å². The van der Waals surface area contributed by atoms with E-state index in [2.05, 4.69) is 13.8 Å². The van der Waals surface area contributed by atoms with Gasteiger partial charge in [0.15, 0.2) is 0 Å². The molecule has 1 heterocycles. The fourth-order valence-electron chi connectivity index (χ4n) is 2.30. The Hall–Kier alpha value is -1.76. The molecule has 6 nitrogen and oxygen atoms in total. The Morgan fingerprint density at radius 3 is 2.80 bits per heavy atom. The Morgan fingerprint density at radius 1 is 1.50 bits per heavy atom. The topological polar surface area (TPSA) is 89.5 Å². The number of nitro groups is 1. The van der Waals surface area contributed by atoms with E-state index in [0.29, 0.717) is 13.1 Å². The van der Waals surface area contributed by atoms with Crippen molar-refractivity contribution >= 4 is 29.0 Å². The smallest absolute Gasteiger partial charge is 0.304 e. The summed E-state index contributed by atoms with van der Waals surface area (Å²) in [6.07, 6.45) is 0. The van der Waals surface area contributed by atoms with Gasteiger partial charge in [-0.1, -0.05) is 6.07 Å². The lowest BCUT2D eigenvalue weighted by Gasteiger charge is -2.37. The van der Waals surface area contributed by atoms with E-state index in [0.717, 1.165) is 5.75 Å². The van der Waals surface area contributed by atoms with Crippen LogP contribution >= 0.6 is 11.8 Å². The minimum Gasteiger partial charge on any atom is -0.393 e. The lowest BCUT2D eigenvalue weighted by Crippen LogP contribution is -2.46. The molecule has 1 aliphatic heterocycles. The van der Waals surface area contributed by atoms with Gasteiger partial charge in [-0.2, -0.15) is 11.8 Å². The number of nitrogen functional groups attached to an aromatic ring is 1. The van der Waals surface area contributed by atoms with Gasteiger partial charge >= 0.3 is 5.69 Å². The summed E-state index contributed by atoms with van der Waals surface area (Å²) >= 11 is 1.80. The SMILES string of the molecule is CC1(C)CN(C(=O)c2cccc(N)c2[N+](=O)[O-])CCS1. The van der Waals surface area contributed by atoms with Gasteiger partial charge in [0.2, 0.25) is 0 Å². The highest BCUT2D eigenvalue weighted by Crippen LogP contribution is 2.32. The maximum atomic E-state index is 12.5. The van der Waals surface area contributed by atoms with E-state index >= 15 is 0 Å². The van der Waals surface area contributed by atoms with Gasteiger partial charge in [0.1, 0.15) is 11.3 Å². The zero-order valence-corrected chi connectivity index (χ0v) is 12.3. The molecule has 0 unspecified atom stereocenters. The van der Waals surface area contributed by atoms with E-state index < -0.39 is 4.92 Å². The van der Waals surface area contributed by atoms with Gasteiger partial charge in [-0.25, -0.2) is 0 Å². The first-order valence-corrected chi connectivity index (χ1v) is 7.26. The summed E-state index contributed by atoms with van der Waals surface area (Å²) in [6, 6.07) is 4.47. The fraction of sp³-hybridized carbons (Fsp3) is 0.462. The summed E-state index contributed by atoms with van der Waals surface area (Å²) in [7, 11) is 0. The highest BCUT2D eigenvalue weighted by atomic mass is 32.2. The number of amides is 1. The minimum absolute atomic E-state index is 0.0199. The van der Waals surface area contributed by atoms with Crippen LogP contribution in [0.1, 0.15) is 24.2 Å². The molecule has 108 valence electrons. The van der Waals surface area contributed by atoms with Crippen LogP contribution in [0.15, 0.2) is 18.2 Å². The number of anilines is 1. The van der Waals surface area contributed by atoms with Crippen LogP contribution in [0.25, 0.3) is 0 Å². The molecule has 0 aliphatic carbocycles. The number of nitrogens with zero attached hydrogens (tertiary/aromatic N) is 2. The van der Waals surface area contributed by atoms with Crippen LogP contribution in [0.4, 0.5) is 11.4 Å². The fourth-order valence-corrected chi connectivity index (χ4v) is 3.41. The van der Waals surface area contributed by atoms with Gasteiger partial charge < -0.3 is 10.6 Å². The third-order valence-electron chi connectivity index (χ3n) is 3.19. The maximum absolute atomic E-state index is 12.5. The molecule has 0 atom stereocenters. The number of carbonyl (C=O) groups is 1. The predicted molar refractivity (Wildman–Crippen MR) is 79.9 cm³/mol. The summed E-state index contributed by atoms with van der Waals surface area (Å²) in [5.41, 5.74) is 5.42. The number of benzene rings is 1. The lowest BCUT2D eigenvalue weighted by atomic mass is 10.1. The first-order valence-electron chi connectivity index (χ1n) is 6.28. The summed E-state index contributed by atoms with van der Waals surface area (Å²) < 4.78 is -0.0387.